The molecule has 0 spiro atoms. The summed E-state index contributed by atoms with van der Waals surface area (Å²) in [6.07, 6.45) is 2.98. The zero-order chi connectivity index (χ0) is 28.9. The Labute approximate surface area is 239 Å². The zero-order valence-electron chi connectivity index (χ0n) is 22.9. The molecular weight excluding hydrogens is 524 g/mol. The van der Waals surface area contributed by atoms with Crippen LogP contribution < -0.4 is 18.9 Å². The predicted octanol–water partition coefficient (Wildman–Crippen LogP) is 6.41. The van der Waals surface area contributed by atoms with Gasteiger partial charge in [-0.2, -0.15) is 0 Å². The molecule has 0 heterocycles. The second kappa shape index (κ2) is 15.1. The van der Waals surface area contributed by atoms with Gasteiger partial charge < -0.3 is 33.5 Å². The quantitative estimate of drug-likeness (QED) is 0.102. The van der Waals surface area contributed by atoms with Crippen LogP contribution in [0, 0.1) is 0 Å². The van der Waals surface area contributed by atoms with E-state index in [1.807, 2.05) is 66.7 Å². The molecule has 8 heteroatoms. The topological polar surface area (TPSA) is 92.7 Å². The number of ether oxygens (including phenoxy) is 6. The van der Waals surface area contributed by atoms with E-state index in [9.17, 15) is 9.90 Å². The summed E-state index contributed by atoms with van der Waals surface area (Å²) in [5.74, 6) is 0.740. The minimum absolute atomic E-state index is 0.0218. The normalized spacial score (nSPS) is 10.9. The lowest BCUT2D eigenvalue weighted by molar-refractivity contribution is 0.0453. The average Bonchev–Trinajstić information content (AvgIpc) is 3.00. The molecule has 41 heavy (non-hydrogen) atoms. The standard InChI is InChI=1S/C33H32O8/c1-36-22-40-27-18-29(35)33(32(19-27)41-23-37-2)28(34)15-13-24-14-16-30(38-20-25-9-5-3-6-10-25)31(17-24)39-21-26-11-7-4-8-12-26/h3-19,35H,20-23H2,1-2H3/b15-13+. The number of hydrogen-bond donors (Lipinski definition) is 1. The van der Waals surface area contributed by atoms with Crippen molar-refractivity contribution in [3.8, 4) is 28.7 Å². The van der Waals surface area contributed by atoms with Gasteiger partial charge in [-0.05, 0) is 34.9 Å². The van der Waals surface area contributed by atoms with Gasteiger partial charge in [0, 0.05) is 26.4 Å². The second-order valence-electron chi connectivity index (χ2n) is 8.87. The van der Waals surface area contributed by atoms with Gasteiger partial charge in [0.25, 0.3) is 0 Å². The molecule has 0 radical (unpaired) electrons. The summed E-state index contributed by atoms with van der Waals surface area (Å²) in [5, 5.41) is 10.6. The van der Waals surface area contributed by atoms with E-state index >= 15 is 0 Å². The lowest BCUT2D eigenvalue weighted by Gasteiger charge is -2.14. The number of allylic oxidation sites excluding steroid dienone is 1. The third-order valence-corrected chi connectivity index (χ3v) is 5.85. The minimum Gasteiger partial charge on any atom is -0.507 e. The van der Waals surface area contributed by atoms with Crippen LogP contribution in [-0.2, 0) is 22.7 Å². The lowest BCUT2D eigenvalue weighted by Crippen LogP contribution is -2.07. The van der Waals surface area contributed by atoms with Crippen LogP contribution in [0.2, 0.25) is 0 Å². The molecule has 4 aromatic carbocycles. The molecule has 8 nitrogen and oxygen atoms in total. The Morgan fingerprint density at radius 1 is 0.683 bits per heavy atom. The SMILES string of the molecule is COCOc1cc(O)c(C(=O)/C=C/c2ccc(OCc3ccccc3)c(OCc3ccccc3)c2)c(OCOC)c1. The van der Waals surface area contributed by atoms with Crippen molar-refractivity contribution in [2.24, 2.45) is 0 Å². The molecule has 0 unspecified atom stereocenters. The molecular formula is C33H32O8. The van der Waals surface area contributed by atoms with E-state index in [1.165, 1.54) is 32.4 Å². The van der Waals surface area contributed by atoms with Gasteiger partial charge in [0.1, 0.15) is 36.0 Å². The Kier molecular flexibility index (Phi) is 10.8. The molecule has 0 aromatic heterocycles. The predicted molar refractivity (Wildman–Crippen MR) is 154 cm³/mol. The van der Waals surface area contributed by atoms with Crippen molar-refractivity contribution < 1.29 is 38.3 Å². The first-order valence-corrected chi connectivity index (χ1v) is 12.9. The molecule has 0 saturated heterocycles. The maximum atomic E-state index is 13.2. The van der Waals surface area contributed by atoms with Crippen molar-refractivity contribution in [1.29, 1.82) is 0 Å². The molecule has 1 N–H and O–H groups in total. The van der Waals surface area contributed by atoms with E-state index in [2.05, 4.69) is 0 Å². The Balaban J connectivity index is 1.56. The zero-order valence-corrected chi connectivity index (χ0v) is 22.9. The van der Waals surface area contributed by atoms with Gasteiger partial charge in [-0.1, -0.05) is 72.8 Å². The number of phenols is 1. The van der Waals surface area contributed by atoms with Gasteiger partial charge in [-0.15, -0.1) is 0 Å². The molecule has 0 bridgehead atoms. The van der Waals surface area contributed by atoms with Gasteiger partial charge in [-0.25, -0.2) is 0 Å². The summed E-state index contributed by atoms with van der Waals surface area (Å²) in [6.45, 7) is 0.573. The fourth-order valence-corrected chi connectivity index (χ4v) is 3.86. The number of rotatable bonds is 15. The number of carbonyl (C=O) groups is 1. The average molecular weight is 557 g/mol. The molecule has 0 aliphatic carbocycles. The Morgan fingerprint density at radius 2 is 1.29 bits per heavy atom. The van der Waals surface area contributed by atoms with Gasteiger partial charge >= 0.3 is 0 Å². The summed E-state index contributed by atoms with van der Waals surface area (Å²) < 4.78 is 33.0. The van der Waals surface area contributed by atoms with E-state index in [0.29, 0.717) is 30.3 Å². The van der Waals surface area contributed by atoms with Gasteiger partial charge in [0.15, 0.2) is 30.9 Å². The highest BCUT2D eigenvalue weighted by atomic mass is 16.7. The molecule has 0 aliphatic rings. The first-order chi connectivity index (χ1) is 20.1. The number of aromatic hydroxyl groups is 1. The smallest absolute Gasteiger partial charge is 0.193 e. The molecule has 0 saturated carbocycles. The first-order valence-electron chi connectivity index (χ1n) is 12.9. The summed E-state index contributed by atoms with van der Waals surface area (Å²) in [7, 11) is 2.93. The van der Waals surface area contributed by atoms with Crippen molar-refractivity contribution >= 4 is 11.9 Å². The van der Waals surface area contributed by atoms with E-state index < -0.39 is 5.78 Å². The minimum atomic E-state index is -0.469. The number of phenolic OH excluding ortho intramolecular Hbond substituents is 1. The maximum absolute atomic E-state index is 13.2. The van der Waals surface area contributed by atoms with E-state index in [0.717, 1.165) is 11.1 Å². The van der Waals surface area contributed by atoms with E-state index in [4.69, 9.17) is 28.4 Å². The lowest BCUT2D eigenvalue weighted by atomic mass is 10.1. The molecule has 4 rings (SSSR count). The molecule has 0 aliphatic heterocycles. The summed E-state index contributed by atoms with van der Waals surface area (Å²) >= 11 is 0. The largest absolute Gasteiger partial charge is 0.507 e. The van der Waals surface area contributed by atoms with Gasteiger partial charge in [0.2, 0.25) is 0 Å². The van der Waals surface area contributed by atoms with Gasteiger partial charge in [-0.3, -0.25) is 4.79 Å². The van der Waals surface area contributed by atoms with Crippen LogP contribution in [-0.4, -0.2) is 38.7 Å². The Bertz CT molecular complexity index is 1430. The summed E-state index contributed by atoms with van der Waals surface area (Å²) in [4.78, 5) is 13.2. The number of hydrogen-bond acceptors (Lipinski definition) is 8. The maximum Gasteiger partial charge on any atom is 0.193 e. The highest BCUT2D eigenvalue weighted by molar-refractivity contribution is 6.10. The molecule has 4 aromatic rings. The van der Waals surface area contributed by atoms with E-state index in [1.54, 1.807) is 18.2 Å². The first kappa shape index (κ1) is 29.2. The Morgan fingerprint density at radius 3 is 1.93 bits per heavy atom. The summed E-state index contributed by atoms with van der Waals surface area (Å²) in [6, 6.07) is 27.9. The van der Waals surface area contributed by atoms with Crippen molar-refractivity contribution in [3.05, 3.63) is 119 Å². The van der Waals surface area contributed by atoms with Gasteiger partial charge in [0.05, 0.1) is 0 Å². The number of benzene rings is 4. The number of methoxy groups -OCH3 is 2. The second-order valence-corrected chi connectivity index (χ2v) is 8.87. The van der Waals surface area contributed by atoms with Crippen LogP contribution in [0.1, 0.15) is 27.0 Å². The third-order valence-electron chi connectivity index (χ3n) is 5.85. The monoisotopic (exact) mass is 556 g/mol. The van der Waals surface area contributed by atoms with Crippen LogP contribution in [0.5, 0.6) is 28.7 Å². The highest BCUT2D eigenvalue weighted by Crippen LogP contribution is 2.35. The number of ketones is 1. The Hall–Kier alpha value is -4.79. The fraction of sp³-hybridized carbons (Fsp3) is 0.182. The van der Waals surface area contributed by atoms with Crippen LogP contribution in [0.25, 0.3) is 6.08 Å². The molecule has 0 atom stereocenters. The van der Waals surface area contributed by atoms with Crippen molar-refractivity contribution in [2.75, 3.05) is 27.8 Å². The van der Waals surface area contributed by atoms with Crippen molar-refractivity contribution in [1.82, 2.24) is 0 Å². The van der Waals surface area contributed by atoms with Crippen molar-refractivity contribution in [3.63, 3.8) is 0 Å². The third kappa shape index (κ3) is 8.60. The number of carbonyl (C=O) groups excluding carboxylic acids is 1. The fourth-order valence-electron chi connectivity index (χ4n) is 3.86. The van der Waals surface area contributed by atoms with Crippen LogP contribution in [0.15, 0.2) is 97.1 Å². The molecule has 212 valence electrons. The van der Waals surface area contributed by atoms with E-state index in [-0.39, 0.29) is 36.4 Å². The van der Waals surface area contributed by atoms with Crippen LogP contribution in [0.4, 0.5) is 0 Å². The van der Waals surface area contributed by atoms with Crippen LogP contribution >= 0.6 is 0 Å². The summed E-state index contributed by atoms with van der Waals surface area (Å²) in [5.41, 5.74) is 2.72. The molecule has 0 amide bonds. The highest BCUT2D eigenvalue weighted by Gasteiger charge is 2.19. The molecule has 0 fully saturated rings. The van der Waals surface area contributed by atoms with Crippen molar-refractivity contribution in [2.45, 2.75) is 13.2 Å². The van der Waals surface area contributed by atoms with Crippen LogP contribution in [0.3, 0.4) is 0 Å².